The third-order valence-electron chi connectivity index (χ3n) is 2.66. The van der Waals surface area contributed by atoms with Gasteiger partial charge in [0.15, 0.2) is 11.5 Å². The Balaban J connectivity index is 2.61. The summed E-state index contributed by atoms with van der Waals surface area (Å²) in [7, 11) is 4.72. The van der Waals surface area contributed by atoms with Gasteiger partial charge in [-0.2, -0.15) is 0 Å². The summed E-state index contributed by atoms with van der Waals surface area (Å²) in [5, 5.41) is 0. The highest BCUT2D eigenvalue weighted by Crippen LogP contribution is 2.39. The maximum atomic E-state index is 5.60. The molecule has 0 fully saturated rings. The van der Waals surface area contributed by atoms with Gasteiger partial charge in [0.05, 0.1) is 27.0 Å². The van der Waals surface area contributed by atoms with Crippen molar-refractivity contribution < 1.29 is 14.2 Å². The molecule has 2 N–H and O–H groups in total. The fourth-order valence-electron chi connectivity index (χ4n) is 1.75. The molecule has 0 atom stereocenters. The maximum Gasteiger partial charge on any atom is 0.220 e. The molecule has 0 radical (unpaired) electrons. The number of nitrogens with two attached hydrogens (primary N) is 1. The Morgan fingerprint density at radius 1 is 0.947 bits per heavy atom. The van der Waals surface area contributed by atoms with Crippen LogP contribution in [0.1, 0.15) is 0 Å². The van der Waals surface area contributed by atoms with E-state index in [0.717, 1.165) is 5.56 Å². The molecular formula is C13H15N3O3. The van der Waals surface area contributed by atoms with Gasteiger partial charge in [0.1, 0.15) is 5.75 Å². The van der Waals surface area contributed by atoms with Gasteiger partial charge in [0.2, 0.25) is 5.95 Å². The maximum absolute atomic E-state index is 5.60. The molecule has 1 aromatic heterocycles. The van der Waals surface area contributed by atoms with Crippen molar-refractivity contribution in [1.82, 2.24) is 9.97 Å². The fourth-order valence-corrected chi connectivity index (χ4v) is 1.75. The predicted molar refractivity (Wildman–Crippen MR) is 71.5 cm³/mol. The summed E-state index contributed by atoms with van der Waals surface area (Å²) in [5.74, 6) is 2.01. The largest absolute Gasteiger partial charge is 0.496 e. The molecule has 1 heterocycles. The lowest BCUT2D eigenvalue weighted by Crippen LogP contribution is -1.98. The number of nitrogen functional groups attached to an aromatic ring is 1. The zero-order chi connectivity index (χ0) is 13.8. The molecular weight excluding hydrogens is 246 g/mol. The molecule has 0 aliphatic carbocycles. The quantitative estimate of drug-likeness (QED) is 0.903. The first-order chi connectivity index (χ1) is 9.19. The number of nitrogens with zero attached hydrogens (tertiary/aromatic N) is 2. The molecule has 0 saturated heterocycles. The van der Waals surface area contributed by atoms with Crippen LogP contribution >= 0.6 is 0 Å². The molecule has 0 spiro atoms. The van der Waals surface area contributed by atoms with Crippen LogP contribution in [0.5, 0.6) is 17.2 Å². The van der Waals surface area contributed by atoms with Crippen LogP contribution < -0.4 is 19.9 Å². The summed E-state index contributed by atoms with van der Waals surface area (Å²) in [6, 6.07) is 5.28. The van der Waals surface area contributed by atoms with Crippen molar-refractivity contribution in [3.05, 3.63) is 24.4 Å². The summed E-state index contributed by atoms with van der Waals surface area (Å²) >= 11 is 0. The Bertz CT molecular complexity index is 587. The summed E-state index contributed by atoms with van der Waals surface area (Å²) in [5.41, 5.74) is 7.01. The van der Waals surface area contributed by atoms with E-state index in [4.69, 9.17) is 19.9 Å². The predicted octanol–water partition coefficient (Wildman–Crippen LogP) is 1.75. The molecule has 6 nitrogen and oxygen atoms in total. The van der Waals surface area contributed by atoms with Crippen LogP contribution in [0.3, 0.4) is 0 Å². The van der Waals surface area contributed by atoms with E-state index in [0.29, 0.717) is 22.9 Å². The molecule has 19 heavy (non-hydrogen) atoms. The van der Waals surface area contributed by atoms with Gasteiger partial charge in [-0.1, -0.05) is 0 Å². The number of aromatic nitrogens is 2. The van der Waals surface area contributed by atoms with Crippen LogP contribution in [-0.4, -0.2) is 31.3 Å². The first-order valence-electron chi connectivity index (χ1n) is 5.58. The molecule has 0 bridgehead atoms. The average molecular weight is 261 g/mol. The highest BCUT2D eigenvalue weighted by molar-refractivity contribution is 5.72. The van der Waals surface area contributed by atoms with Gasteiger partial charge < -0.3 is 19.9 Å². The van der Waals surface area contributed by atoms with Gasteiger partial charge in [0.25, 0.3) is 0 Å². The SMILES string of the molecule is COc1cc(OC)c(-c2ccnc(N)n2)cc1OC. The third kappa shape index (κ3) is 2.52. The Morgan fingerprint density at radius 2 is 1.58 bits per heavy atom. The van der Waals surface area contributed by atoms with Crippen LogP contribution in [0.2, 0.25) is 0 Å². The molecule has 0 unspecified atom stereocenters. The highest BCUT2D eigenvalue weighted by atomic mass is 16.5. The third-order valence-corrected chi connectivity index (χ3v) is 2.66. The van der Waals surface area contributed by atoms with E-state index < -0.39 is 0 Å². The molecule has 100 valence electrons. The molecule has 0 aliphatic rings. The van der Waals surface area contributed by atoms with Crippen molar-refractivity contribution >= 4 is 5.95 Å². The van der Waals surface area contributed by atoms with Crippen molar-refractivity contribution in [3.8, 4) is 28.5 Å². The average Bonchev–Trinajstić information content (AvgIpc) is 2.45. The lowest BCUT2D eigenvalue weighted by atomic mass is 10.1. The van der Waals surface area contributed by atoms with E-state index in [1.165, 1.54) is 0 Å². The molecule has 2 rings (SSSR count). The van der Waals surface area contributed by atoms with Gasteiger partial charge in [0, 0.05) is 17.8 Å². The lowest BCUT2D eigenvalue weighted by Gasteiger charge is -2.13. The van der Waals surface area contributed by atoms with Crippen molar-refractivity contribution in [2.75, 3.05) is 27.1 Å². The second kappa shape index (κ2) is 5.43. The zero-order valence-corrected chi connectivity index (χ0v) is 11.0. The Kier molecular flexibility index (Phi) is 3.70. The van der Waals surface area contributed by atoms with Crippen LogP contribution in [0.15, 0.2) is 24.4 Å². The van der Waals surface area contributed by atoms with Crippen molar-refractivity contribution in [3.63, 3.8) is 0 Å². The van der Waals surface area contributed by atoms with E-state index >= 15 is 0 Å². The van der Waals surface area contributed by atoms with Gasteiger partial charge >= 0.3 is 0 Å². The monoisotopic (exact) mass is 261 g/mol. The van der Waals surface area contributed by atoms with Gasteiger partial charge in [-0.05, 0) is 12.1 Å². The number of anilines is 1. The molecule has 2 aromatic rings. The van der Waals surface area contributed by atoms with Crippen LogP contribution in [0.4, 0.5) is 5.95 Å². The topological polar surface area (TPSA) is 79.5 Å². The molecule has 1 aromatic carbocycles. The van der Waals surface area contributed by atoms with Gasteiger partial charge in [-0.15, -0.1) is 0 Å². The van der Waals surface area contributed by atoms with Crippen LogP contribution in [-0.2, 0) is 0 Å². The first-order valence-corrected chi connectivity index (χ1v) is 5.58. The van der Waals surface area contributed by atoms with E-state index in [-0.39, 0.29) is 5.95 Å². The van der Waals surface area contributed by atoms with Gasteiger partial charge in [-0.25, -0.2) is 9.97 Å². The van der Waals surface area contributed by atoms with E-state index in [2.05, 4.69) is 9.97 Å². The number of rotatable bonds is 4. The number of methoxy groups -OCH3 is 3. The van der Waals surface area contributed by atoms with Crippen LogP contribution in [0.25, 0.3) is 11.3 Å². The van der Waals surface area contributed by atoms with Crippen molar-refractivity contribution in [1.29, 1.82) is 0 Å². The molecule has 0 saturated carbocycles. The lowest BCUT2D eigenvalue weighted by molar-refractivity contribution is 0.349. The smallest absolute Gasteiger partial charge is 0.220 e. The van der Waals surface area contributed by atoms with Gasteiger partial charge in [-0.3, -0.25) is 0 Å². The van der Waals surface area contributed by atoms with Crippen LogP contribution in [0, 0.1) is 0 Å². The fraction of sp³-hybridized carbons (Fsp3) is 0.231. The summed E-state index contributed by atoms with van der Waals surface area (Å²) in [4.78, 5) is 8.04. The minimum absolute atomic E-state index is 0.203. The standard InChI is InChI=1S/C13H15N3O3/c1-17-10-7-12(19-3)11(18-2)6-8(10)9-4-5-15-13(14)16-9/h4-7H,1-3H3,(H2,14,15,16). The van der Waals surface area contributed by atoms with Crippen molar-refractivity contribution in [2.45, 2.75) is 0 Å². The first kappa shape index (κ1) is 12.9. The summed E-state index contributed by atoms with van der Waals surface area (Å²) < 4.78 is 15.8. The second-order valence-electron chi connectivity index (χ2n) is 3.71. The van der Waals surface area contributed by atoms with E-state index in [1.807, 2.05) is 0 Å². The van der Waals surface area contributed by atoms with Crippen molar-refractivity contribution in [2.24, 2.45) is 0 Å². The summed E-state index contributed by atoms with van der Waals surface area (Å²) in [6.07, 6.45) is 1.59. The number of ether oxygens (including phenoxy) is 3. The molecule has 0 aliphatic heterocycles. The number of hydrogen-bond acceptors (Lipinski definition) is 6. The second-order valence-corrected chi connectivity index (χ2v) is 3.71. The molecule has 6 heteroatoms. The zero-order valence-electron chi connectivity index (χ0n) is 11.0. The number of benzene rings is 1. The minimum atomic E-state index is 0.203. The summed E-state index contributed by atoms with van der Waals surface area (Å²) in [6.45, 7) is 0. The Morgan fingerprint density at radius 3 is 2.16 bits per heavy atom. The number of hydrogen-bond donors (Lipinski definition) is 1. The Hall–Kier alpha value is -2.50. The van der Waals surface area contributed by atoms with E-state index in [1.54, 1.807) is 45.7 Å². The highest BCUT2D eigenvalue weighted by Gasteiger charge is 2.14. The van der Waals surface area contributed by atoms with E-state index in [9.17, 15) is 0 Å². The molecule has 0 amide bonds. The normalized spacial score (nSPS) is 10.1. The minimum Gasteiger partial charge on any atom is -0.496 e. The Labute approximate surface area is 111 Å².